The van der Waals surface area contributed by atoms with Crippen LogP contribution in [0.3, 0.4) is 0 Å². The van der Waals surface area contributed by atoms with Gasteiger partial charge in [-0.1, -0.05) is 17.7 Å². The molecule has 0 aliphatic carbocycles. The highest BCUT2D eigenvalue weighted by Crippen LogP contribution is 2.23. The van der Waals surface area contributed by atoms with Gasteiger partial charge in [0.15, 0.2) is 0 Å². The average Bonchev–Trinajstić information content (AvgIpc) is 2.81. The van der Waals surface area contributed by atoms with Gasteiger partial charge in [0.25, 0.3) is 5.91 Å². The van der Waals surface area contributed by atoms with E-state index in [-0.39, 0.29) is 18.9 Å². The Labute approximate surface area is 134 Å². The Bertz CT molecular complexity index is 558. The summed E-state index contributed by atoms with van der Waals surface area (Å²) in [5.74, 6) is -0.836. The van der Waals surface area contributed by atoms with Crippen LogP contribution in [0.15, 0.2) is 24.3 Å². The zero-order valence-electron chi connectivity index (χ0n) is 13.1. The van der Waals surface area contributed by atoms with Gasteiger partial charge < -0.3 is 25.0 Å². The summed E-state index contributed by atoms with van der Waals surface area (Å²) in [6.45, 7) is 1.95. The number of rotatable bonds is 5. The second-order valence-electron chi connectivity index (χ2n) is 5.55. The fourth-order valence-electron chi connectivity index (χ4n) is 2.41. The van der Waals surface area contributed by atoms with Crippen LogP contribution in [0.4, 0.5) is 0 Å². The number of hydrogen-bond donors (Lipinski definition) is 3. The maximum Gasteiger partial charge on any atom is 0.308 e. The summed E-state index contributed by atoms with van der Waals surface area (Å²) in [5.41, 5.74) is 1.54. The Morgan fingerprint density at radius 2 is 1.78 bits per heavy atom. The van der Waals surface area contributed by atoms with E-state index in [4.69, 9.17) is 4.74 Å². The summed E-state index contributed by atoms with van der Waals surface area (Å²) >= 11 is 0. The Kier molecular flexibility index (Phi) is 5.70. The Morgan fingerprint density at radius 3 is 2.39 bits per heavy atom. The molecule has 0 unspecified atom stereocenters. The molecule has 23 heavy (non-hydrogen) atoms. The van der Waals surface area contributed by atoms with Gasteiger partial charge in [0.05, 0.1) is 19.6 Å². The normalized spacial score (nSPS) is 26.8. The summed E-state index contributed by atoms with van der Waals surface area (Å²) < 4.78 is 9.96. The molecule has 1 aromatic rings. The van der Waals surface area contributed by atoms with Gasteiger partial charge in [-0.3, -0.25) is 9.59 Å². The molecule has 7 heteroatoms. The van der Waals surface area contributed by atoms with E-state index in [1.54, 1.807) is 12.1 Å². The van der Waals surface area contributed by atoms with Gasteiger partial charge in [-0.15, -0.1) is 0 Å². The van der Waals surface area contributed by atoms with Gasteiger partial charge >= 0.3 is 5.97 Å². The molecule has 2 rings (SSSR count). The Balaban J connectivity index is 1.89. The first-order valence-corrected chi connectivity index (χ1v) is 7.35. The van der Waals surface area contributed by atoms with Crippen molar-refractivity contribution in [2.24, 2.45) is 0 Å². The topological polar surface area (TPSA) is 105 Å². The van der Waals surface area contributed by atoms with Crippen LogP contribution in [0, 0.1) is 6.92 Å². The first-order chi connectivity index (χ1) is 10.9. The van der Waals surface area contributed by atoms with Crippen LogP contribution in [0.5, 0.6) is 0 Å². The van der Waals surface area contributed by atoms with Crippen molar-refractivity contribution in [3.63, 3.8) is 0 Å². The number of carbonyl (C=O) groups is 2. The minimum Gasteiger partial charge on any atom is -0.469 e. The van der Waals surface area contributed by atoms with E-state index in [1.165, 1.54) is 7.11 Å². The highest BCUT2D eigenvalue weighted by atomic mass is 16.6. The number of esters is 1. The molecule has 126 valence electrons. The Morgan fingerprint density at radius 1 is 1.17 bits per heavy atom. The molecule has 1 heterocycles. The molecule has 1 amide bonds. The molecule has 4 atom stereocenters. The SMILES string of the molecule is COC(=O)C[C@@H]1O[C@H](CNC(=O)c2ccc(C)cc2)[C@@H](O)[C@H]1O. The minimum absolute atomic E-state index is 0.0304. The minimum atomic E-state index is -1.20. The maximum absolute atomic E-state index is 12.0. The number of aliphatic hydroxyl groups excluding tert-OH is 2. The lowest BCUT2D eigenvalue weighted by molar-refractivity contribution is -0.144. The van der Waals surface area contributed by atoms with E-state index in [9.17, 15) is 19.8 Å². The molecule has 1 fully saturated rings. The van der Waals surface area contributed by atoms with Crippen molar-refractivity contribution in [3.8, 4) is 0 Å². The third-order valence-electron chi connectivity index (χ3n) is 3.83. The van der Waals surface area contributed by atoms with E-state index in [2.05, 4.69) is 10.1 Å². The zero-order chi connectivity index (χ0) is 17.0. The Hall–Kier alpha value is -1.96. The van der Waals surface area contributed by atoms with Crippen LogP contribution < -0.4 is 5.32 Å². The van der Waals surface area contributed by atoms with E-state index in [0.717, 1.165) is 5.56 Å². The predicted molar refractivity (Wildman–Crippen MR) is 80.8 cm³/mol. The zero-order valence-corrected chi connectivity index (χ0v) is 13.1. The number of amides is 1. The quantitative estimate of drug-likeness (QED) is 0.647. The van der Waals surface area contributed by atoms with E-state index < -0.39 is 30.4 Å². The van der Waals surface area contributed by atoms with Crippen LogP contribution in [0.25, 0.3) is 0 Å². The number of carbonyl (C=O) groups excluding carboxylic acids is 2. The lowest BCUT2D eigenvalue weighted by atomic mass is 10.1. The molecule has 3 N–H and O–H groups in total. The van der Waals surface area contributed by atoms with Crippen LogP contribution in [-0.4, -0.2) is 60.2 Å². The maximum atomic E-state index is 12.0. The molecule has 1 aromatic carbocycles. The predicted octanol–water partition coefficient (Wildman–Crippen LogP) is -0.223. The van der Waals surface area contributed by atoms with Gasteiger partial charge in [-0.2, -0.15) is 0 Å². The lowest BCUT2D eigenvalue weighted by Gasteiger charge is -2.15. The van der Waals surface area contributed by atoms with Crippen molar-refractivity contribution < 1.29 is 29.3 Å². The van der Waals surface area contributed by atoms with E-state index in [1.807, 2.05) is 19.1 Å². The summed E-state index contributed by atoms with van der Waals surface area (Å²) in [6.07, 6.45) is -4.16. The molecule has 0 radical (unpaired) electrons. The van der Waals surface area contributed by atoms with Crippen LogP contribution in [0.2, 0.25) is 0 Å². The molecule has 1 aliphatic rings. The molecular weight excluding hydrogens is 302 g/mol. The number of aryl methyl sites for hydroxylation is 1. The van der Waals surface area contributed by atoms with Crippen LogP contribution in [-0.2, 0) is 14.3 Å². The van der Waals surface area contributed by atoms with E-state index in [0.29, 0.717) is 5.56 Å². The van der Waals surface area contributed by atoms with Gasteiger partial charge in [0.2, 0.25) is 0 Å². The van der Waals surface area contributed by atoms with Crippen molar-refractivity contribution >= 4 is 11.9 Å². The van der Waals surface area contributed by atoms with Gasteiger partial charge in [-0.05, 0) is 19.1 Å². The first-order valence-electron chi connectivity index (χ1n) is 7.35. The molecule has 0 aromatic heterocycles. The van der Waals surface area contributed by atoms with Gasteiger partial charge in [-0.25, -0.2) is 0 Å². The monoisotopic (exact) mass is 323 g/mol. The fraction of sp³-hybridized carbons (Fsp3) is 0.500. The highest BCUT2D eigenvalue weighted by molar-refractivity contribution is 5.94. The molecule has 0 bridgehead atoms. The van der Waals surface area contributed by atoms with Crippen molar-refractivity contribution in [2.75, 3.05) is 13.7 Å². The second kappa shape index (κ2) is 7.54. The number of benzene rings is 1. The third kappa shape index (κ3) is 4.28. The van der Waals surface area contributed by atoms with Gasteiger partial charge in [0.1, 0.15) is 18.3 Å². The number of aliphatic hydroxyl groups is 2. The van der Waals surface area contributed by atoms with Crippen LogP contribution in [0.1, 0.15) is 22.3 Å². The number of ether oxygens (including phenoxy) is 2. The molecule has 7 nitrogen and oxygen atoms in total. The smallest absolute Gasteiger partial charge is 0.308 e. The van der Waals surface area contributed by atoms with Crippen molar-refractivity contribution in [3.05, 3.63) is 35.4 Å². The van der Waals surface area contributed by atoms with Crippen molar-refractivity contribution in [1.29, 1.82) is 0 Å². The molecule has 0 spiro atoms. The van der Waals surface area contributed by atoms with E-state index >= 15 is 0 Å². The summed E-state index contributed by atoms with van der Waals surface area (Å²) in [6, 6.07) is 7.05. The largest absolute Gasteiger partial charge is 0.469 e. The highest BCUT2D eigenvalue weighted by Gasteiger charge is 2.43. The molecule has 0 saturated carbocycles. The van der Waals surface area contributed by atoms with Crippen molar-refractivity contribution in [2.45, 2.75) is 37.8 Å². The molecule has 1 saturated heterocycles. The fourth-order valence-corrected chi connectivity index (χ4v) is 2.41. The van der Waals surface area contributed by atoms with Gasteiger partial charge in [0, 0.05) is 12.1 Å². The lowest BCUT2D eigenvalue weighted by Crippen LogP contribution is -2.40. The van der Waals surface area contributed by atoms with Crippen molar-refractivity contribution in [1.82, 2.24) is 5.32 Å². The summed E-state index contributed by atoms with van der Waals surface area (Å²) in [5, 5.41) is 22.5. The van der Waals surface area contributed by atoms with Crippen LogP contribution >= 0.6 is 0 Å². The number of hydrogen-bond acceptors (Lipinski definition) is 6. The number of methoxy groups -OCH3 is 1. The standard InChI is InChI=1S/C16H21NO6/c1-9-3-5-10(6-4-9)16(21)17-8-12-15(20)14(19)11(23-12)7-13(18)22-2/h3-6,11-12,14-15,19-20H,7-8H2,1-2H3,(H,17,21)/t11-,12+,14-,15+/m0/s1. The first kappa shape index (κ1) is 17.4. The molecule has 1 aliphatic heterocycles. The molecular formula is C16H21NO6. The number of nitrogens with one attached hydrogen (secondary N) is 1. The summed E-state index contributed by atoms with van der Waals surface area (Å²) in [4.78, 5) is 23.3. The average molecular weight is 323 g/mol. The summed E-state index contributed by atoms with van der Waals surface area (Å²) in [7, 11) is 1.24. The third-order valence-corrected chi connectivity index (χ3v) is 3.83. The second-order valence-corrected chi connectivity index (χ2v) is 5.55.